The first-order valence-electron chi connectivity index (χ1n) is 7.33. The second-order valence-electron chi connectivity index (χ2n) is 5.23. The highest BCUT2D eigenvalue weighted by Gasteiger charge is 2.17. The van der Waals surface area contributed by atoms with Crippen LogP contribution in [0.1, 0.15) is 34.2 Å². The zero-order chi connectivity index (χ0) is 15.5. The van der Waals surface area contributed by atoms with E-state index in [-0.39, 0.29) is 5.91 Å². The van der Waals surface area contributed by atoms with E-state index in [0.29, 0.717) is 12.2 Å². The van der Waals surface area contributed by atoms with Gasteiger partial charge in [0.05, 0.1) is 5.69 Å². The lowest BCUT2D eigenvalue weighted by Gasteiger charge is -2.07. The van der Waals surface area contributed by atoms with Gasteiger partial charge in [-0.15, -0.1) is 0 Å². The Hall–Kier alpha value is -2.69. The van der Waals surface area contributed by atoms with Crippen LogP contribution in [-0.4, -0.2) is 20.3 Å². The molecule has 0 radical (unpaired) electrons. The number of rotatable bonds is 4. The molecule has 0 saturated carbocycles. The minimum absolute atomic E-state index is 0.106. The van der Waals surface area contributed by atoms with E-state index in [9.17, 15) is 4.79 Å². The van der Waals surface area contributed by atoms with Crippen molar-refractivity contribution in [1.29, 1.82) is 0 Å². The fourth-order valence-electron chi connectivity index (χ4n) is 2.45. The van der Waals surface area contributed by atoms with Gasteiger partial charge in [0.2, 0.25) is 0 Å². The molecule has 5 heteroatoms. The van der Waals surface area contributed by atoms with Crippen molar-refractivity contribution in [1.82, 2.24) is 19.7 Å². The van der Waals surface area contributed by atoms with Gasteiger partial charge < -0.3 is 5.32 Å². The quantitative estimate of drug-likeness (QED) is 0.804. The third-order valence-electron chi connectivity index (χ3n) is 3.61. The molecule has 3 heterocycles. The first-order valence-corrected chi connectivity index (χ1v) is 7.33. The van der Waals surface area contributed by atoms with E-state index in [0.717, 1.165) is 28.9 Å². The Morgan fingerprint density at radius 3 is 2.77 bits per heavy atom. The summed E-state index contributed by atoms with van der Waals surface area (Å²) in [6.45, 7) is 4.50. The number of carbonyl (C=O) groups excluding carboxylic acids is 1. The number of aromatic nitrogens is 3. The van der Waals surface area contributed by atoms with E-state index >= 15 is 0 Å². The molecule has 3 rings (SSSR count). The maximum atomic E-state index is 12.6. The first kappa shape index (κ1) is 14.3. The fraction of sp³-hybridized carbons (Fsp3) is 0.235. The van der Waals surface area contributed by atoms with Crippen LogP contribution in [0.2, 0.25) is 0 Å². The Morgan fingerprint density at radius 2 is 2.05 bits per heavy atom. The van der Waals surface area contributed by atoms with Crippen LogP contribution in [0, 0.1) is 6.92 Å². The molecule has 0 atom stereocenters. The maximum absolute atomic E-state index is 12.6. The summed E-state index contributed by atoms with van der Waals surface area (Å²) in [4.78, 5) is 21.1. The molecule has 0 saturated heterocycles. The molecule has 0 aliphatic carbocycles. The normalized spacial score (nSPS) is 10.8. The lowest BCUT2D eigenvalue weighted by Crippen LogP contribution is -2.25. The summed E-state index contributed by atoms with van der Waals surface area (Å²) >= 11 is 0. The topological polar surface area (TPSA) is 59.3 Å². The van der Waals surface area contributed by atoms with Crippen LogP contribution in [0.5, 0.6) is 0 Å². The Labute approximate surface area is 129 Å². The Morgan fingerprint density at radius 1 is 1.27 bits per heavy atom. The molecule has 112 valence electrons. The monoisotopic (exact) mass is 294 g/mol. The molecule has 3 aromatic rings. The Balaban J connectivity index is 1.89. The molecule has 1 N–H and O–H groups in total. The number of carbonyl (C=O) groups is 1. The second kappa shape index (κ2) is 5.97. The van der Waals surface area contributed by atoms with Crippen molar-refractivity contribution in [3.05, 3.63) is 65.4 Å². The van der Waals surface area contributed by atoms with Crippen molar-refractivity contribution in [3.63, 3.8) is 0 Å². The summed E-state index contributed by atoms with van der Waals surface area (Å²) in [5.74, 6) is -0.106. The fourth-order valence-corrected chi connectivity index (χ4v) is 2.45. The van der Waals surface area contributed by atoms with Crippen LogP contribution in [0.15, 0.2) is 42.9 Å². The van der Waals surface area contributed by atoms with Crippen molar-refractivity contribution in [2.24, 2.45) is 0 Å². The molecule has 1 amide bonds. The molecular formula is C17H18N4O. The number of fused-ring (bicyclic) bond motifs is 1. The zero-order valence-electron chi connectivity index (χ0n) is 12.7. The summed E-state index contributed by atoms with van der Waals surface area (Å²) in [6.07, 6.45) is 6.06. The van der Waals surface area contributed by atoms with Gasteiger partial charge in [0, 0.05) is 25.1 Å². The largest absolute Gasteiger partial charge is 0.347 e. The van der Waals surface area contributed by atoms with Crippen molar-refractivity contribution in [3.8, 4) is 0 Å². The van der Waals surface area contributed by atoms with Gasteiger partial charge in [0.25, 0.3) is 5.91 Å². The van der Waals surface area contributed by atoms with Crippen LogP contribution in [0.4, 0.5) is 0 Å². The Kier molecular flexibility index (Phi) is 3.87. The number of nitrogens with one attached hydrogen (secondary N) is 1. The summed E-state index contributed by atoms with van der Waals surface area (Å²) in [5, 5.41) is 2.96. The molecule has 0 aliphatic rings. The molecule has 0 bridgehead atoms. The lowest BCUT2D eigenvalue weighted by atomic mass is 10.2. The van der Waals surface area contributed by atoms with Gasteiger partial charge >= 0.3 is 0 Å². The molecule has 0 unspecified atom stereocenters. The highest BCUT2D eigenvalue weighted by molar-refractivity contribution is 5.94. The van der Waals surface area contributed by atoms with E-state index in [4.69, 9.17) is 0 Å². The average Bonchev–Trinajstić information content (AvgIpc) is 2.91. The number of imidazole rings is 1. The van der Waals surface area contributed by atoms with Crippen LogP contribution in [0.3, 0.4) is 0 Å². The number of nitrogens with zero attached hydrogens (tertiary/aromatic N) is 3. The smallest absolute Gasteiger partial charge is 0.270 e. The molecule has 0 aromatic carbocycles. The average molecular weight is 294 g/mol. The van der Waals surface area contributed by atoms with Crippen molar-refractivity contribution in [2.45, 2.75) is 26.8 Å². The van der Waals surface area contributed by atoms with Gasteiger partial charge in [-0.05, 0) is 48.7 Å². The number of pyridine rings is 2. The molecule has 0 aliphatic heterocycles. The van der Waals surface area contributed by atoms with Gasteiger partial charge in [-0.1, -0.05) is 6.92 Å². The van der Waals surface area contributed by atoms with E-state index in [1.54, 1.807) is 12.4 Å². The van der Waals surface area contributed by atoms with Crippen molar-refractivity contribution in [2.75, 3.05) is 0 Å². The van der Waals surface area contributed by atoms with Crippen LogP contribution >= 0.6 is 0 Å². The molecule has 3 aromatic heterocycles. The first-order chi connectivity index (χ1) is 10.7. The standard InChI is InChI=1S/C17H18N4O/c1-3-14-16(21-9-6-12(2)10-15(21)20-14)17(22)19-11-13-4-7-18-8-5-13/h4-10H,3,11H2,1-2H3,(H,19,22). The van der Waals surface area contributed by atoms with Crippen LogP contribution < -0.4 is 5.32 Å². The van der Waals surface area contributed by atoms with Gasteiger partial charge in [-0.25, -0.2) is 4.98 Å². The predicted octanol–water partition coefficient (Wildman–Crippen LogP) is 2.53. The zero-order valence-corrected chi connectivity index (χ0v) is 12.7. The second-order valence-corrected chi connectivity index (χ2v) is 5.23. The number of aryl methyl sites for hydroxylation is 2. The van der Waals surface area contributed by atoms with Crippen LogP contribution in [-0.2, 0) is 13.0 Å². The predicted molar refractivity (Wildman–Crippen MR) is 84.7 cm³/mol. The summed E-state index contributed by atoms with van der Waals surface area (Å²) in [6, 6.07) is 7.74. The van der Waals surface area contributed by atoms with Crippen LogP contribution in [0.25, 0.3) is 5.65 Å². The Bertz CT molecular complexity index is 808. The molecule has 0 fully saturated rings. The number of hydrogen-bond acceptors (Lipinski definition) is 3. The van der Waals surface area contributed by atoms with E-state index in [2.05, 4.69) is 15.3 Å². The van der Waals surface area contributed by atoms with Gasteiger partial charge in [0.1, 0.15) is 11.3 Å². The summed E-state index contributed by atoms with van der Waals surface area (Å²) < 4.78 is 1.85. The van der Waals surface area contributed by atoms with E-state index in [1.807, 2.05) is 48.7 Å². The molecular weight excluding hydrogens is 276 g/mol. The van der Waals surface area contributed by atoms with Crippen molar-refractivity contribution < 1.29 is 4.79 Å². The molecule has 5 nitrogen and oxygen atoms in total. The number of hydrogen-bond donors (Lipinski definition) is 1. The molecule has 22 heavy (non-hydrogen) atoms. The summed E-state index contributed by atoms with van der Waals surface area (Å²) in [5.41, 5.74) is 4.39. The third kappa shape index (κ3) is 2.70. The van der Waals surface area contributed by atoms with E-state index in [1.165, 1.54) is 0 Å². The maximum Gasteiger partial charge on any atom is 0.270 e. The van der Waals surface area contributed by atoms with Gasteiger partial charge in [-0.2, -0.15) is 0 Å². The van der Waals surface area contributed by atoms with Crippen molar-refractivity contribution >= 4 is 11.6 Å². The van der Waals surface area contributed by atoms with Gasteiger partial charge in [-0.3, -0.25) is 14.2 Å². The minimum Gasteiger partial charge on any atom is -0.347 e. The lowest BCUT2D eigenvalue weighted by molar-refractivity contribution is 0.0944. The third-order valence-corrected chi connectivity index (χ3v) is 3.61. The SMILES string of the molecule is CCc1nc2cc(C)ccn2c1C(=O)NCc1ccncc1. The molecule has 0 spiro atoms. The highest BCUT2D eigenvalue weighted by atomic mass is 16.1. The number of amides is 1. The minimum atomic E-state index is -0.106. The van der Waals surface area contributed by atoms with E-state index < -0.39 is 0 Å². The van der Waals surface area contributed by atoms with Gasteiger partial charge in [0.15, 0.2) is 0 Å². The highest BCUT2D eigenvalue weighted by Crippen LogP contribution is 2.15. The summed E-state index contributed by atoms with van der Waals surface area (Å²) in [7, 11) is 0.